The number of ether oxygens (including phenoxy) is 1. The average Bonchev–Trinajstić information content (AvgIpc) is 2.51. The Kier molecular flexibility index (Phi) is 3.98. The molecule has 1 rings (SSSR count). The van der Waals surface area contributed by atoms with Crippen LogP contribution in [0.25, 0.3) is 0 Å². The molecule has 3 heteroatoms. The molecule has 12 heavy (non-hydrogen) atoms. The zero-order valence-electron chi connectivity index (χ0n) is 7.57. The van der Waals surface area contributed by atoms with Crippen molar-refractivity contribution in [2.24, 2.45) is 5.92 Å². The fraction of sp³-hybridized carbons (Fsp3) is 1.00. The van der Waals surface area contributed by atoms with E-state index in [9.17, 15) is 5.11 Å². The molecule has 0 radical (unpaired) electrons. The molecule has 2 unspecified atom stereocenters. The monoisotopic (exact) mass is 174 g/mol. The predicted molar refractivity (Wildman–Crippen MR) is 45.8 cm³/mol. The molecular weight excluding hydrogens is 156 g/mol. The molecule has 0 aromatic heterocycles. The van der Waals surface area contributed by atoms with Crippen molar-refractivity contribution in [1.82, 2.24) is 0 Å². The lowest BCUT2D eigenvalue weighted by Crippen LogP contribution is -2.23. The Bertz CT molecular complexity index is 127. The van der Waals surface area contributed by atoms with Gasteiger partial charge in [0.1, 0.15) is 0 Å². The fourth-order valence-corrected chi connectivity index (χ4v) is 1.84. The first kappa shape index (κ1) is 9.96. The standard InChI is InChI=1S/C9H18O3/c1-2-9-7(3-4-12-9)5-8(11)6-10/h7-11H,2-6H2,1H3/t7?,8?,9-/m1/s1. The summed E-state index contributed by atoms with van der Waals surface area (Å²) < 4.78 is 5.47. The van der Waals surface area contributed by atoms with Gasteiger partial charge in [-0.15, -0.1) is 0 Å². The van der Waals surface area contributed by atoms with Crippen LogP contribution in [0.5, 0.6) is 0 Å². The zero-order valence-corrected chi connectivity index (χ0v) is 7.57. The van der Waals surface area contributed by atoms with Gasteiger partial charge in [-0.2, -0.15) is 0 Å². The summed E-state index contributed by atoms with van der Waals surface area (Å²) in [5.41, 5.74) is 0. The molecule has 3 nitrogen and oxygen atoms in total. The first-order chi connectivity index (χ1) is 5.77. The van der Waals surface area contributed by atoms with Gasteiger partial charge in [0.2, 0.25) is 0 Å². The van der Waals surface area contributed by atoms with Gasteiger partial charge >= 0.3 is 0 Å². The summed E-state index contributed by atoms with van der Waals surface area (Å²) in [5, 5.41) is 17.9. The normalized spacial score (nSPS) is 32.2. The van der Waals surface area contributed by atoms with Crippen molar-refractivity contribution in [3.63, 3.8) is 0 Å². The highest BCUT2D eigenvalue weighted by Crippen LogP contribution is 2.27. The maximum absolute atomic E-state index is 9.23. The minimum absolute atomic E-state index is 0.132. The van der Waals surface area contributed by atoms with Gasteiger partial charge in [-0.05, 0) is 25.2 Å². The summed E-state index contributed by atoms with van der Waals surface area (Å²) in [5.74, 6) is 0.442. The highest BCUT2D eigenvalue weighted by molar-refractivity contribution is 4.77. The van der Waals surface area contributed by atoms with Crippen molar-refractivity contribution in [3.05, 3.63) is 0 Å². The van der Waals surface area contributed by atoms with Crippen LogP contribution < -0.4 is 0 Å². The average molecular weight is 174 g/mol. The van der Waals surface area contributed by atoms with E-state index in [1.165, 1.54) is 0 Å². The molecule has 0 spiro atoms. The maximum atomic E-state index is 9.23. The molecule has 1 aliphatic rings. The topological polar surface area (TPSA) is 49.7 Å². The lowest BCUT2D eigenvalue weighted by molar-refractivity contribution is 0.0437. The Balaban J connectivity index is 2.30. The molecular formula is C9H18O3. The zero-order chi connectivity index (χ0) is 8.97. The molecule has 72 valence electrons. The molecule has 0 amide bonds. The number of hydrogen-bond acceptors (Lipinski definition) is 3. The van der Waals surface area contributed by atoms with Gasteiger partial charge in [-0.25, -0.2) is 0 Å². The largest absolute Gasteiger partial charge is 0.394 e. The van der Waals surface area contributed by atoms with Crippen molar-refractivity contribution in [2.45, 2.75) is 38.4 Å². The minimum Gasteiger partial charge on any atom is -0.394 e. The van der Waals surface area contributed by atoms with Crippen LogP contribution in [-0.4, -0.2) is 35.6 Å². The summed E-state index contributed by atoms with van der Waals surface area (Å²) in [6, 6.07) is 0. The first-order valence-corrected chi connectivity index (χ1v) is 4.68. The van der Waals surface area contributed by atoms with Gasteiger partial charge in [0.25, 0.3) is 0 Å². The van der Waals surface area contributed by atoms with E-state index in [1.54, 1.807) is 0 Å². The Hall–Kier alpha value is -0.120. The molecule has 1 heterocycles. The van der Waals surface area contributed by atoms with E-state index >= 15 is 0 Å². The van der Waals surface area contributed by atoms with Crippen molar-refractivity contribution >= 4 is 0 Å². The van der Waals surface area contributed by atoms with E-state index < -0.39 is 6.10 Å². The van der Waals surface area contributed by atoms with E-state index in [2.05, 4.69) is 6.92 Å². The molecule has 1 aliphatic heterocycles. The molecule has 1 saturated heterocycles. The molecule has 0 aliphatic carbocycles. The van der Waals surface area contributed by atoms with Crippen LogP contribution in [0.1, 0.15) is 26.2 Å². The minimum atomic E-state index is -0.564. The van der Waals surface area contributed by atoms with Crippen LogP contribution in [0, 0.1) is 5.92 Å². The molecule has 0 aromatic carbocycles. The van der Waals surface area contributed by atoms with E-state index in [0.29, 0.717) is 18.4 Å². The molecule has 0 aromatic rings. The van der Waals surface area contributed by atoms with Crippen molar-refractivity contribution < 1.29 is 14.9 Å². The summed E-state index contributed by atoms with van der Waals surface area (Å²) in [6.45, 7) is 2.77. The second-order valence-electron chi connectivity index (χ2n) is 3.44. The van der Waals surface area contributed by atoms with Crippen LogP contribution in [0.15, 0.2) is 0 Å². The van der Waals surface area contributed by atoms with Gasteiger partial charge in [-0.1, -0.05) is 6.92 Å². The summed E-state index contributed by atoms with van der Waals surface area (Å²) >= 11 is 0. The van der Waals surface area contributed by atoms with Crippen LogP contribution in [0.2, 0.25) is 0 Å². The Morgan fingerprint density at radius 2 is 2.33 bits per heavy atom. The van der Waals surface area contributed by atoms with Crippen molar-refractivity contribution in [1.29, 1.82) is 0 Å². The number of aliphatic hydroxyl groups excluding tert-OH is 2. The van der Waals surface area contributed by atoms with E-state index in [0.717, 1.165) is 19.4 Å². The molecule has 0 saturated carbocycles. The quantitative estimate of drug-likeness (QED) is 0.654. The smallest absolute Gasteiger partial charge is 0.0774 e. The molecule has 2 N–H and O–H groups in total. The van der Waals surface area contributed by atoms with Gasteiger partial charge in [0.05, 0.1) is 18.8 Å². The van der Waals surface area contributed by atoms with Crippen molar-refractivity contribution in [2.75, 3.05) is 13.2 Å². The van der Waals surface area contributed by atoms with Gasteiger partial charge in [0, 0.05) is 6.61 Å². The second kappa shape index (κ2) is 4.80. The Morgan fingerprint density at radius 3 is 2.92 bits per heavy atom. The molecule has 3 atom stereocenters. The first-order valence-electron chi connectivity index (χ1n) is 4.68. The van der Waals surface area contributed by atoms with E-state index in [4.69, 9.17) is 9.84 Å². The summed E-state index contributed by atoms with van der Waals surface area (Å²) in [6.07, 6.45) is 2.44. The Morgan fingerprint density at radius 1 is 1.58 bits per heavy atom. The molecule has 0 bridgehead atoms. The van der Waals surface area contributed by atoms with Crippen LogP contribution >= 0.6 is 0 Å². The molecule has 1 fully saturated rings. The van der Waals surface area contributed by atoms with Crippen LogP contribution in [-0.2, 0) is 4.74 Å². The van der Waals surface area contributed by atoms with E-state index in [1.807, 2.05) is 0 Å². The van der Waals surface area contributed by atoms with Crippen LogP contribution in [0.4, 0.5) is 0 Å². The Labute approximate surface area is 73.4 Å². The lowest BCUT2D eigenvalue weighted by Gasteiger charge is -2.18. The van der Waals surface area contributed by atoms with E-state index in [-0.39, 0.29) is 6.61 Å². The third-order valence-electron chi connectivity index (χ3n) is 2.53. The second-order valence-corrected chi connectivity index (χ2v) is 3.44. The van der Waals surface area contributed by atoms with Gasteiger partial charge in [0.15, 0.2) is 0 Å². The maximum Gasteiger partial charge on any atom is 0.0774 e. The van der Waals surface area contributed by atoms with Gasteiger partial charge in [-0.3, -0.25) is 0 Å². The third kappa shape index (κ3) is 2.44. The van der Waals surface area contributed by atoms with Crippen LogP contribution in [0.3, 0.4) is 0 Å². The number of aliphatic hydroxyl groups is 2. The highest BCUT2D eigenvalue weighted by Gasteiger charge is 2.28. The number of hydrogen-bond donors (Lipinski definition) is 2. The highest BCUT2D eigenvalue weighted by atomic mass is 16.5. The fourth-order valence-electron chi connectivity index (χ4n) is 1.84. The number of rotatable bonds is 4. The predicted octanol–water partition coefficient (Wildman–Crippen LogP) is 0.545. The van der Waals surface area contributed by atoms with Gasteiger partial charge < -0.3 is 14.9 Å². The SMILES string of the molecule is CC[C@H]1OCCC1CC(O)CO. The van der Waals surface area contributed by atoms with Crippen molar-refractivity contribution in [3.8, 4) is 0 Å². The summed E-state index contributed by atoms with van der Waals surface area (Å²) in [4.78, 5) is 0. The third-order valence-corrected chi connectivity index (χ3v) is 2.53. The lowest BCUT2D eigenvalue weighted by atomic mass is 9.93. The summed E-state index contributed by atoms with van der Waals surface area (Å²) in [7, 11) is 0.